The van der Waals surface area contributed by atoms with Crippen LogP contribution in [-0.4, -0.2) is 29.1 Å². The van der Waals surface area contributed by atoms with Crippen LogP contribution in [-0.2, 0) is 17.0 Å². The number of aliphatic hydroxyl groups is 1. The zero-order valence-corrected chi connectivity index (χ0v) is 19.5. The molecule has 33 heavy (non-hydrogen) atoms. The number of fused-ring (bicyclic) bond motifs is 1. The van der Waals surface area contributed by atoms with Gasteiger partial charge in [-0.3, -0.25) is 9.69 Å². The third-order valence-electron chi connectivity index (χ3n) is 6.95. The van der Waals surface area contributed by atoms with Crippen molar-refractivity contribution in [2.24, 2.45) is 5.41 Å². The van der Waals surface area contributed by atoms with Crippen molar-refractivity contribution in [2.45, 2.75) is 38.5 Å². The van der Waals surface area contributed by atoms with E-state index >= 15 is 0 Å². The minimum Gasteiger partial charge on any atom is -0.396 e. The minimum atomic E-state index is -1.09. The number of amides is 1. The fraction of sp³-hybridized carbons (Fsp3) is 0.321. The van der Waals surface area contributed by atoms with Gasteiger partial charge in [0.05, 0.1) is 13.2 Å². The SMILES string of the molecule is Cc1ccc(CN2C(=O)c3ccccc3C2(OCC2(CO)CC2)C2=CCC=C(Cl)C=C2)cc1. The van der Waals surface area contributed by atoms with E-state index in [0.29, 0.717) is 30.2 Å². The van der Waals surface area contributed by atoms with Gasteiger partial charge in [-0.05, 0) is 43.9 Å². The van der Waals surface area contributed by atoms with Gasteiger partial charge in [-0.15, -0.1) is 0 Å². The topological polar surface area (TPSA) is 49.8 Å². The van der Waals surface area contributed by atoms with Gasteiger partial charge < -0.3 is 9.84 Å². The normalized spacial score (nSPS) is 23.1. The number of benzene rings is 2. The van der Waals surface area contributed by atoms with Crippen LogP contribution in [0.5, 0.6) is 0 Å². The Morgan fingerprint density at radius 1 is 1.06 bits per heavy atom. The van der Waals surface area contributed by atoms with Gasteiger partial charge in [-0.25, -0.2) is 0 Å². The molecule has 1 fully saturated rings. The van der Waals surface area contributed by atoms with Gasteiger partial charge in [-0.2, -0.15) is 0 Å². The van der Waals surface area contributed by atoms with Gasteiger partial charge in [0, 0.05) is 33.7 Å². The number of nitrogens with zero attached hydrogens (tertiary/aromatic N) is 1. The van der Waals surface area contributed by atoms with E-state index in [-0.39, 0.29) is 17.9 Å². The van der Waals surface area contributed by atoms with Crippen molar-refractivity contribution in [3.05, 3.63) is 106 Å². The number of aliphatic hydroxyl groups excluding tert-OH is 1. The molecule has 0 bridgehead atoms. The zero-order chi connectivity index (χ0) is 23.1. The molecule has 1 amide bonds. The summed E-state index contributed by atoms with van der Waals surface area (Å²) >= 11 is 6.32. The highest BCUT2D eigenvalue weighted by Gasteiger charge is 2.55. The summed E-state index contributed by atoms with van der Waals surface area (Å²) in [6.07, 6.45) is 10.3. The standard InChI is InChI=1S/C28H28ClNO3/c1-20-9-11-21(12-10-20)17-30-26(32)24-7-2-3-8-25(24)28(30,33-19-27(18-31)15-16-27)22-5-4-6-23(29)14-13-22/h2-3,5-14,31H,4,15-19H2,1H3. The quantitative estimate of drug-likeness (QED) is 0.583. The number of allylic oxidation sites excluding steroid dienone is 4. The van der Waals surface area contributed by atoms with E-state index in [1.165, 1.54) is 5.56 Å². The Kier molecular flexibility index (Phi) is 5.77. The van der Waals surface area contributed by atoms with Gasteiger partial charge in [0.2, 0.25) is 0 Å². The number of hydrogen-bond donors (Lipinski definition) is 1. The molecule has 3 aliphatic rings. The molecule has 1 N–H and O–H groups in total. The molecular weight excluding hydrogens is 434 g/mol. The van der Waals surface area contributed by atoms with E-state index in [9.17, 15) is 9.90 Å². The predicted octanol–water partition coefficient (Wildman–Crippen LogP) is 5.60. The Morgan fingerprint density at radius 3 is 2.55 bits per heavy atom. The molecule has 2 aromatic rings. The van der Waals surface area contributed by atoms with E-state index in [1.807, 2.05) is 47.4 Å². The second kappa shape index (κ2) is 8.60. The van der Waals surface area contributed by atoms with Gasteiger partial charge in [0.1, 0.15) is 0 Å². The van der Waals surface area contributed by atoms with E-state index in [1.54, 1.807) is 0 Å². The molecule has 0 aromatic heterocycles. The predicted molar refractivity (Wildman–Crippen MR) is 130 cm³/mol. The Morgan fingerprint density at radius 2 is 1.82 bits per heavy atom. The maximum atomic E-state index is 13.8. The molecule has 2 aromatic carbocycles. The van der Waals surface area contributed by atoms with E-state index < -0.39 is 5.72 Å². The van der Waals surface area contributed by atoms with Crippen LogP contribution in [0.1, 0.15) is 46.3 Å². The molecule has 1 unspecified atom stereocenters. The molecule has 5 rings (SSSR count). The summed E-state index contributed by atoms with van der Waals surface area (Å²) in [5.41, 5.74) is 3.26. The number of carbonyl (C=O) groups is 1. The molecule has 170 valence electrons. The fourth-order valence-corrected chi connectivity index (χ4v) is 4.80. The summed E-state index contributed by atoms with van der Waals surface area (Å²) in [5, 5.41) is 10.6. The molecule has 5 heteroatoms. The van der Waals surface area contributed by atoms with Crippen LogP contribution in [0, 0.1) is 12.3 Å². The first kappa shape index (κ1) is 22.1. The Bertz CT molecular complexity index is 1160. The van der Waals surface area contributed by atoms with Crippen molar-refractivity contribution < 1.29 is 14.6 Å². The summed E-state index contributed by atoms with van der Waals surface area (Å²) in [6.45, 7) is 2.92. The van der Waals surface area contributed by atoms with Gasteiger partial charge in [-0.1, -0.05) is 77.9 Å². The second-order valence-corrected chi connectivity index (χ2v) is 9.77. The maximum Gasteiger partial charge on any atom is 0.257 e. The van der Waals surface area contributed by atoms with E-state index in [4.69, 9.17) is 16.3 Å². The van der Waals surface area contributed by atoms with Crippen molar-refractivity contribution in [2.75, 3.05) is 13.2 Å². The Hall–Kier alpha value is -2.66. The van der Waals surface area contributed by atoms with Gasteiger partial charge in [0.25, 0.3) is 5.91 Å². The first-order valence-corrected chi connectivity index (χ1v) is 11.8. The largest absolute Gasteiger partial charge is 0.396 e. The summed E-state index contributed by atoms with van der Waals surface area (Å²) in [6, 6.07) is 15.9. The monoisotopic (exact) mass is 461 g/mol. The van der Waals surface area contributed by atoms with Crippen molar-refractivity contribution in [3.8, 4) is 0 Å². The summed E-state index contributed by atoms with van der Waals surface area (Å²) in [7, 11) is 0. The first-order chi connectivity index (χ1) is 16.0. The van der Waals surface area contributed by atoms with Crippen LogP contribution < -0.4 is 0 Å². The number of rotatable bonds is 7. The van der Waals surface area contributed by atoms with Crippen LogP contribution in [0.2, 0.25) is 0 Å². The maximum absolute atomic E-state index is 13.8. The third-order valence-corrected chi connectivity index (χ3v) is 7.23. The molecule has 1 aliphatic heterocycles. The highest BCUT2D eigenvalue weighted by molar-refractivity contribution is 6.31. The molecule has 1 atom stereocenters. The number of carbonyl (C=O) groups excluding carboxylic acids is 1. The van der Waals surface area contributed by atoms with Crippen LogP contribution in [0.15, 0.2) is 83.4 Å². The van der Waals surface area contributed by atoms with Gasteiger partial charge in [0.15, 0.2) is 5.72 Å². The number of hydrogen-bond acceptors (Lipinski definition) is 3. The highest BCUT2D eigenvalue weighted by atomic mass is 35.5. The summed E-state index contributed by atoms with van der Waals surface area (Å²) in [4.78, 5) is 15.6. The first-order valence-electron chi connectivity index (χ1n) is 11.4. The zero-order valence-electron chi connectivity index (χ0n) is 18.8. The van der Waals surface area contributed by atoms with E-state index in [0.717, 1.165) is 29.5 Å². The lowest BCUT2D eigenvalue weighted by atomic mass is 9.91. The Labute approximate surface area is 199 Å². The fourth-order valence-electron chi connectivity index (χ4n) is 4.65. The van der Waals surface area contributed by atoms with Crippen LogP contribution in [0.3, 0.4) is 0 Å². The molecule has 0 radical (unpaired) electrons. The van der Waals surface area contributed by atoms with Crippen molar-refractivity contribution in [1.82, 2.24) is 4.90 Å². The van der Waals surface area contributed by atoms with Gasteiger partial charge >= 0.3 is 0 Å². The second-order valence-electron chi connectivity index (χ2n) is 9.33. The number of ether oxygens (including phenoxy) is 1. The average Bonchev–Trinajstić information content (AvgIpc) is 3.61. The van der Waals surface area contributed by atoms with Crippen LogP contribution in [0.4, 0.5) is 0 Å². The lowest BCUT2D eigenvalue weighted by Gasteiger charge is -2.41. The molecular formula is C28H28ClNO3. The summed E-state index contributed by atoms with van der Waals surface area (Å²) in [5.74, 6) is -0.0578. The summed E-state index contributed by atoms with van der Waals surface area (Å²) < 4.78 is 6.80. The van der Waals surface area contributed by atoms with Crippen molar-refractivity contribution in [3.63, 3.8) is 0 Å². The average molecular weight is 462 g/mol. The number of aryl methyl sites for hydroxylation is 1. The lowest BCUT2D eigenvalue weighted by molar-refractivity contribution is -0.129. The molecule has 1 saturated carbocycles. The lowest BCUT2D eigenvalue weighted by Crippen LogP contribution is -2.48. The molecule has 4 nitrogen and oxygen atoms in total. The highest BCUT2D eigenvalue weighted by Crippen LogP contribution is 2.51. The molecule has 2 aliphatic carbocycles. The Balaban J connectivity index is 1.64. The molecule has 0 spiro atoms. The smallest absolute Gasteiger partial charge is 0.257 e. The van der Waals surface area contributed by atoms with E-state index in [2.05, 4.69) is 37.3 Å². The molecule has 0 saturated heterocycles. The van der Waals surface area contributed by atoms with Crippen molar-refractivity contribution >= 4 is 17.5 Å². The van der Waals surface area contributed by atoms with Crippen molar-refractivity contribution in [1.29, 1.82) is 0 Å². The molecule has 1 heterocycles. The number of halogens is 1. The third kappa shape index (κ3) is 3.97. The minimum absolute atomic E-state index is 0.0578. The van der Waals surface area contributed by atoms with Crippen LogP contribution >= 0.6 is 11.6 Å². The van der Waals surface area contributed by atoms with Crippen LogP contribution in [0.25, 0.3) is 0 Å².